The molecule has 6 aromatic heterocycles. The molecule has 6 heterocycles. The van der Waals surface area contributed by atoms with Gasteiger partial charge in [0.25, 0.3) is 0 Å². The number of benzene rings is 1. The van der Waals surface area contributed by atoms with Gasteiger partial charge in [0.1, 0.15) is 21.4 Å². The fourth-order valence-corrected chi connectivity index (χ4v) is 5.71. The van der Waals surface area contributed by atoms with Crippen LogP contribution in [-0.4, -0.2) is 40.3 Å². The molecule has 0 N–H and O–H groups in total. The normalized spacial score (nSPS) is 11.0. The third kappa shape index (κ3) is 4.89. The molecule has 0 radical (unpaired) electrons. The van der Waals surface area contributed by atoms with Crippen LogP contribution in [0.1, 0.15) is 0 Å². The topological polar surface area (TPSA) is 103 Å². The third-order valence-electron chi connectivity index (χ3n) is 6.00. The summed E-state index contributed by atoms with van der Waals surface area (Å²) in [6.45, 7) is 0. The Bertz CT molecular complexity index is 1780. The highest BCUT2D eigenvalue weighted by Crippen LogP contribution is 2.34. The van der Waals surface area contributed by atoms with Crippen LogP contribution in [0.2, 0.25) is 0 Å². The Balaban J connectivity index is 1.15. The predicted octanol–water partition coefficient (Wildman–Crippen LogP) is 6.97. The van der Waals surface area contributed by atoms with Crippen LogP contribution in [0.25, 0.3) is 65.3 Å². The Labute approximate surface area is 237 Å². The van der Waals surface area contributed by atoms with Crippen LogP contribution < -0.4 is 0 Å². The summed E-state index contributed by atoms with van der Waals surface area (Å²) < 4.78 is 0. The molecule has 1 aromatic carbocycles. The number of aromatic nitrogens is 8. The zero-order chi connectivity index (χ0) is 26.7. The summed E-state index contributed by atoms with van der Waals surface area (Å²) in [6, 6.07) is 31.3. The highest BCUT2D eigenvalue weighted by Gasteiger charge is 2.15. The summed E-state index contributed by atoms with van der Waals surface area (Å²) >= 11 is 2.99. The van der Waals surface area contributed by atoms with Gasteiger partial charge in [-0.15, -0.1) is 20.4 Å². The molecule has 0 atom stereocenters. The van der Waals surface area contributed by atoms with E-state index in [2.05, 4.69) is 36.4 Å². The van der Waals surface area contributed by atoms with E-state index in [0.29, 0.717) is 0 Å². The van der Waals surface area contributed by atoms with E-state index in [1.54, 1.807) is 12.4 Å². The van der Waals surface area contributed by atoms with Gasteiger partial charge in [-0.05, 0) is 54.6 Å². The van der Waals surface area contributed by atoms with Crippen molar-refractivity contribution in [2.45, 2.75) is 0 Å². The first-order valence-electron chi connectivity index (χ1n) is 12.4. The molecule has 0 amide bonds. The summed E-state index contributed by atoms with van der Waals surface area (Å²) in [6.07, 6.45) is 3.52. The lowest BCUT2D eigenvalue weighted by molar-refractivity contribution is 1.09. The molecule has 0 saturated carbocycles. The molecule has 0 fully saturated rings. The van der Waals surface area contributed by atoms with Gasteiger partial charge < -0.3 is 0 Å². The Morgan fingerprint density at radius 3 is 1.27 bits per heavy atom. The molecule has 10 heteroatoms. The van der Waals surface area contributed by atoms with Gasteiger partial charge in [-0.1, -0.05) is 65.1 Å². The van der Waals surface area contributed by atoms with Crippen LogP contribution >= 0.6 is 22.7 Å². The van der Waals surface area contributed by atoms with Crippen molar-refractivity contribution in [3.05, 3.63) is 109 Å². The van der Waals surface area contributed by atoms with Gasteiger partial charge in [0.05, 0.1) is 22.8 Å². The number of pyridine rings is 4. The maximum atomic E-state index is 4.76. The van der Waals surface area contributed by atoms with E-state index in [0.717, 1.165) is 65.3 Å². The van der Waals surface area contributed by atoms with E-state index in [1.165, 1.54) is 22.7 Å². The molecule has 8 nitrogen and oxygen atoms in total. The van der Waals surface area contributed by atoms with Crippen molar-refractivity contribution >= 4 is 22.7 Å². The van der Waals surface area contributed by atoms with Crippen LogP contribution in [0.3, 0.4) is 0 Å². The van der Waals surface area contributed by atoms with Gasteiger partial charge >= 0.3 is 0 Å². The number of nitrogens with zero attached hydrogens (tertiary/aromatic N) is 8. The van der Waals surface area contributed by atoms with E-state index >= 15 is 0 Å². The minimum absolute atomic E-state index is 0.746. The molecule has 190 valence electrons. The van der Waals surface area contributed by atoms with Gasteiger partial charge in [-0.2, -0.15) is 0 Å². The molecule has 7 rings (SSSR count). The fourth-order valence-electron chi connectivity index (χ4n) is 4.09. The van der Waals surface area contributed by atoms with E-state index in [4.69, 9.17) is 9.97 Å². The van der Waals surface area contributed by atoms with Crippen molar-refractivity contribution < 1.29 is 0 Å². The standard InChI is InChI=1S/C30H18N8S2/c1-3-16-31-21(10-1)23-12-6-14-25(33-23)29-37-35-27(39-29)19-8-5-9-20(18-19)28-36-38-30(40-28)26-15-7-13-24(34-26)22-11-2-4-17-32-22/h1-18H. The second-order valence-corrected chi connectivity index (χ2v) is 10.6. The molecule has 0 unspecified atom stereocenters. The quantitative estimate of drug-likeness (QED) is 0.217. The maximum absolute atomic E-state index is 4.76. The lowest BCUT2D eigenvalue weighted by Crippen LogP contribution is -1.89. The summed E-state index contributed by atoms with van der Waals surface area (Å²) in [4.78, 5) is 18.3. The second-order valence-electron chi connectivity index (χ2n) is 8.65. The fraction of sp³-hybridized carbons (Fsp3) is 0. The lowest BCUT2D eigenvalue weighted by Gasteiger charge is -2.01. The Morgan fingerprint density at radius 1 is 0.375 bits per heavy atom. The van der Waals surface area contributed by atoms with Gasteiger partial charge in [-0.3, -0.25) is 9.97 Å². The van der Waals surface area contributed by atoms with Crippen molar-refractivity contribution in [3.8, 4) is 65.3 Å². The van der Waals surface area contributed by atoms with Crippen LogP contribution in [0.4, 0.5) is 0 Å². The van der Waals surface area contributed by atoms with E-state index < -0.39 is 0 Å². The maximum Gasteiger partial charge on any atom is 0.166 e. The number of rotatable bonds is 6. The van der Waals surface area contributed by atoms with E-state index in [-0.39, 0.29) is 0 Å². The molecule has 0 aliphatic carbocycles. The largest absolute Gasteiger partial charge is 0.255 e. The second kappa shape index (κ2) is 10.6. The SMILES string of the molecule is c1ccc(-c2cccc(-c3nnc(-c4cccc(-c5nnc(-c6cccc(-c7ccccn7)n6)s5)c4)s3)n2)nc1. The van der Waals surface area contributed by atoms with Crippen LogP contribution in [0, 0.1) is 0 Å². The number of hydrogen-bond acceptors (Lipinski definition) is 10. The summed E-state index contributed by atoms with van der Waals surface area (Å²) in [5.41, 5.74) is 6.65. The minimum atomic E-state index is 0.746. The van der Waals surface area contributed by atoms with Crippen molar-refractivity contribution in [1.82, 2.24) is 40.3 Å². The van der Waals surface area contributed by atoms with Crippen LogP contribution in [0.5, 0.6) is 0 Å². The third-order valence-corrected chi connectivity index (χ3v) is 7.99. The van der Waals surface area contributed by atoms with E-state index in [9.17, 15) is 0 Å². The van der Waals surface area contributed by atoms with Crippen LogP contribution in [-0.2, 0) is 0 Å². The molecular formula is C30H18N8S2. The van der Waals surface area contributed by atoms with Gasteiger partial charge in [0.2, 0.25) is 0 Å². The van der Waals surface area contributed by atoms with Crippen molar-refractivity contribution in [2.24, 2.45) is 0 Å². The molecule has 40 heavy (non-hydrogen) atoms. The molecular weight excluding hydrogens is 537 g/mol. The molecule has 0 saturated heterocycles. The average molecular weight is 555 g/mol. The summed E-state index contributed by atoms with van der Waals surface area (Å²) in [7, 11) is 0. The summed E-state index contributed by atoms with van der Waals surface area (Å²) in [5.74, 6) is 0. The smallest absolute Gasteiger partial charge is 0.166 e. The highest BCUT2D eigenvalue weighted by atomic mass is 32.1. The van der Waals surface area contributed by atoms with Gasteiger partial charge in [0, 0.05) is 23.5 Å². The highest BCUT2D eigenvalue weighted by molar-refractivity contribution is 7.18. The molecule has 0 aliphatic heterocycles. The first-order chi connectivity index (χ1) is 19.8. The van der Waals surface area contributed by atoms with Crippen LogP contribution in [0.15, 0.2) is 109 Å². The average Bonchev–Trinajstić information content (AvgIpc) is 3.74. The Morgan fingerprint density at radius 2 is 0.800 bits per heavy atom. The van der Waals surface area contributed by atoms with Gasteiger partial charge in [0.15, 0.2) is 10.0 Å². The Kier molecular flexibility index (Phi) is 6.36. The van der Waals surface area contributed by atoms with Crippen molar-refractivity contribution in [2.75, 3.05) is 0 Å². The summed E-state index contributed by atoms with van der Waals surface area (Å²) in [5, 5.41) is 20.9. The lowest BCUT2D eigenvalue weighted by atomic mass is 10.1. The van der Waals surface area contributed by atoms with Gasteiger partial charge in [-0.25, -0.2) is 9.97 Å². The zero-order valence-electron chi connectivity index (χ0n) is 20.8. The van der Waals surface area contributed by atoms with Crippen molar-refractivity contribution in [3.63, 3.8) is 0 Å². The zero-order valence-corrected chi connectivity index (χ0v) is 22.4. The Hall–Kier alpha value is -5.06. The molecule has 7 aromatic rings. The van der Waals surface area contributed by atoms with E-state index in [1.807, 2.05) is 91.0 Å². The molecule has 0 spiro atoms. The first-order valence-corrected chi connectivity index (χ1v) is 14.0. The number of hydrogen-bond donors (Lipinski definition) is 0. The molecule has 0 aliphatic rings. The predicted molar refractivity (Wildman–Crippen MR) is 157 cm³/mol. The molecule has 0 bridgehead atoms. The monoisotopic (exact) mass is 554 g/mol. The first kappa shape index (κ1) is 24.0. The van der Waals surface area contributed by atoms with Crippen molar-refractivity contribution in [1.29, 1.82) is 0 Å². The minimum Gasteiger partial charge on any atom is -0.255 e.